The number of hydrogen-bond acceptors (Lipinski definition) is 6. The van der Waals surface area contributed by atoms with Crippen molar-refractivity contribution in [3.8, 4) is 11.8 Å². The maximum absolute atomic E-state index is 9.36. The van der Waals surface area contributed by atoms with Crippen molar-refractivity contribution in [3.05, 3.63) is 77.0 Å². The van der Waals surface area contributed by atoms with Crippen LogP contribution in [-0.4, -0.2) is 9.97 Å². The van der Waals surface area contributed by atoms with Gasteiger partial charge in [-0.3, -0.25) is 0 Å². The number of thioether (sulfide) groups is 1. The number of anilines is 1. The molecule has 3 rings (SSSR count). The fourth-order valence-corrected chi connectivity index (χ4v) is 3.13. The van der Waals surface area contributed by atoms with Crippen molar-refractivity contribution in [3.63, 3.8) is 0 Å². The number of ether oxygens (including phenoxy) is 1. The number of nitriles is 1. The van der Waals surface area contributed by atoms with Gasteiger partial charge in [-0.05, 0) is 24.6 Å². The van der Waals surface area contributed by atoms with Gasteiger partial charge >= 0.3 is 0 Å². The van der Waals surface area contributed by atoms with E-state index in [9.17, 15) is 5.26 Å². The zero-order valence-electron chi connectivity index (χ0n) is 14.3. The Morgan fingerprint density at radius 1 is 1.08 bits per heavy atom. The summed E-state index contributed by atoms with van der Waals surface area (Å²) >= 11 is 1.48. The highest BCUT2D eigenvalue weighted by Gasteiger charge is 2.13. The largest absolute Gasteiger partial charge is 0.487 e. The number of nitrogens with zero attached hydrogens (tertiary/aromatic N) is 3. The van der Waals surface area contributed by atoms with Crippen molar-refractivity contribution in [2.75, 3.05) is 5.73 Å². The summed E-state index contributed by atoms with van der Waals surface area (Å²) < 4.78 is 5.76. The maximum atomic E-state index is 9.36. The number of hydrogen-bond donors (Lipinski definition) is 1. The first-order valence-electron chi connectivity index (χ1n) is 8.08. The Labute approximate surface area is 156 Å². The fraction of sp³-hybridized carbons (Fsp3) is 0.150. The summed E-state index contributed by atoms with van der Waals surface area (Å²) in [5.41, 5.74) is 9.03. The molecule has 0 atom stereocenters. The van der Waals surface area contributed by atoms with Gasteiger partial charge in [0.1, 0.15) is 35.5 Å². The van der Waals surface area contributed by atoms with Gasteiger partial charge in [0.15, 0.2) is 5.16 Å². The Balaban J connectivity index is 1.75. The van der Waals surface area contributed by atoms with E-state index >= 15 is 0 Å². The number of rotatable bonds is 6. The van der Waals surface area contributed by atoms with Gasteiger partial charge in [0.2, 0.25) is 0 Å². The average molecular weight is 362 g/mol. The summed E-state index contributed by atoms with van der Waals surface area (Å²) in [5.74, 6) is 1.63. The Kier molecular flexibility index (Phi) is 5.72. The van der Waals surface area contributed by atoms with Crippen LogP contribution >= 0.6 is 11.8 Å². The lowest BCUT2D eigenvalue weighted by molar-refractivity contribution is 0.299. The van der Waals surface area contributed by atoms with E-state index in [0.717, 1.165) is 17.1 Å². The molecule has 0 bridgehead atoms. The smallest absolute Gasteiger partial charge is 0.190 e. The van der Waals surface area contributed by atoms with Crippen molar-refractivity contribution in [1.29, 1.82) is 5.26 Å². The molecule has 26 heavy (non-hydrogen) atoms. The summed E-state index contributed by atoms with van der Waals surface area (Å²) in [7, 11) is 0. The van der Waals surface area contributed by atoms with Crippen LogP contribution in [0.15, 0.2) is 59.8 Å². The van der Waals surface area contributed by atoms with Gasteiger partial charge in [0, 0.05) is 5.75 Å². The molecule has 0 saturated carbocycles. The van der Waals surface area contributed by atoms with Gasteiger partial charge in [0.25, 0.3) is 0 Å². The molecule has 130 valence electrons. The van der Waals surface area contributed by atoms with Gasteiger partial charge in [-0.15, -0.1) is 0 Å². The van der Waals surface area contributed by atoms with Crippen molar-refractivity contribution < 1.29 is 4.74 Å². The van der Waals surface area contributed by atoms with Gasteiger partial charge in [0.05, 0.1) is 0 Å². The molecule has 0 aliphatic carbocycles. The summed E-state index contributed by atoms with van der Waals surface area (Å²) in [4.78, 5) is 8.71. The molecule has 0 saturated heterocycles. The number of nitrogen functional groups attached to an aromatic ring is 1. The molecule has 0 radical (unpaired) electrons. The van der Waals surface area contributed by atoms with Gasteiger partial charge in [-0.1, -0.05) is 59.8 Å². The summed E-state index contributed by atoms with van der Waals surface area (Å²) in [6.45, 7) is 2.18. The first-order valence-corrected chi connectivity index (χ1v) is 9.07. The second kappa shape index (κ2) is 8.37. The zero-order valence-corrected chi connectivity index (χ0v) is 15.2. The standard InChI is InChI=1S/C20H18N4OS/c1-14-7-9-16(10-8-14)25-12-18-17(11-21)19(22)24-20(23-18)26-13-15-5-3-2-4-6-15/h2-10H,12-13H2,1H3,(H2,22,23,24). The molecule has 1 heterocycles. The first-order chi connectivity index (χ1) is 12.7. The van der Waals surface area contributed by atoms with Gasteiger partial charge in [-0.2, -0.15) is 5.26 Å². The minimum atomic E-state index is 0.164. The highest BCUT2D eigenvalue weighted by atomic mass is 32.2. The van der Waals surface area contributed by atoms with E-state index in [1.807, 2.05) is 61.5 Å². The lowest BCUT2D eigenvalue weighted by Crippen LogP contribution is -2.08. The second-order valence-corrected chi connectivity index (χ2v) is 6.64. The number of nitrogens with two attached hydrogens (primary N) is 1. The zero-order chi connectivity index (χ0) is 18.4. The molecular formula is C20H18N4OS. The molecule has 3 aromatic rings. The fourth-order valence-electron chi connectivity index (χ4n) is 2.30. The van der Waals surface area contributed by atoms with Crippen LogP contribution in [0.4, 0.5) is 5.82 Å². The molecule has 0 aliphatic heterocycles. The summed E-state index contributed by atoms with van der Waals surface area (Å²) in [6, 6.07) is 19.8. The molecule has 0 amide bonds. The normalized spacial score (nSPS) is 10.3. The van der Waals surface area contributed by atoms with E-state index in [1.54, 1.807) is 0 Å². The van der Waals surface area contributed by atoms with Crippen LogP contribution in [-0.2, 0) is 12.4 Å². The van der Waals surface area contributed by atoms with E-state index < -0.39 is 0 Å². The van der Waals surface area contributed by atoms with Gasteiger partial charge < -0.3 is 10.5 Å². The van der Waals surface area contributed by atoms with Crippen molar-refractivity contribution in [2.45, 2.75) is 24.4 Å². The van der Waals surface area contributed by atoms with Crippen LogP contribution in [0.3, 0.4) is 0 Å². The van der Waals surface area contributed by atoms with Crippen LogP contribution in [0.1, 0.15) is 22.4 Å². The highest BCUT2D eigenvalue weighted by molar-refractivity contribution is 7.98. The molecule has 0 unspecified atom stereocenters. The molecule has 1 aromatic heterocycles. The quantitative estimate of drug-likeness (QED) is 0.525. The van der Waals surface area contributed by atoms with E-state index in [2.05, 4.69) is 16.0 Å². The highest BCUT2D eigenvalue weighted by Crippen LogP contribution is 2.24. The number of aryl methyl sites for hydroxylation is 1. The maximum Gasteiger partial charge on any atom is 0.190 e. The Morgan fingerprint density at radius 3 is 2.50 bits per heavy atom. The predicted octanol–water partition coefficient (Wildman–Crippen LogP) is 4.11. The summed E-state index contributed by atoms with van der Waals surface area (Å²) in [5, 5.41) is 9.89. The van der Waals surface area contributed by atoms with Crippen LogP contribution < -0.4 is 10.5 Å². The van der Waals surface area contributed by atoms with E-state index in [0.29, 0.717) is 10.9 Å². The first kappa shape index (κ1) is 17.8. The number of benzene rings is 2. The average Bonchev–Trinajstić information content (AvgIpc) is 2.66. The lowest BCUT2D eigenvalue weighted by atomic mass is 10.2. The summed E-state index contributed by atoms with van der Waals surface area (Å²) in [6.07, 6.45) is 0. The van der Waals surface area contributed by atoms with Crippen LogP contribution in [0, 0.1) is 18.3 Å². The Bertz CT molecular complexity index is 921. The topological polar surface area (TPSA) is 84.8 Å². The van der Waals surface area contributed by atoms with E-state index in [1.165, 1.54) is 17.3 Å². The molecule has 6 heteroatoms. The van der Waals surface area contributed by atoms with Crippen molar-refractivity contribution >= 4 is 17.6 Å². The monoisotopic (exact) mass is 362 g/mol. The number of aromatic nitrogens is 2. The molecule has 2 aromatic carbocycles. The second-order valence-electron chi connectivity index (χ2n) is 5.70. The van der Waals surface area contributed by atoms with Crippen molar-refractivity contribution in [1.82, 2.24) is 9.97 Å². The molecule has 0 spiro atoms. The van der Waals surface area contributed by atoms with E-state index in [4.69, 9.17) is 10.5 Å². The molecular weight excluding hydrogens is 344 g/mol. The van der Waals surface area contributed by atoms with Crippen molar-refractivity contribution in [2.24, 2.45) is 0 Å². The third-order valence-electron chi connectivity index (χ3n) is 3.71. The predicted molar refractivity (Wildman–Crippen MR) is 103 cm³/mol. The third kappa shape index (κ3) is 4.52. The van der Waals surface area contributed by atoms with Crippen LogP contribution in [0.5, 0.6) is 5.75 Å². The van der Waals surface area contributed by atoms with Crippen LogP contribution in [0.2, 0.25) is 0 Å². The Hall–Kier alpha value is -3.04. The van der Waals surface area contributed by atoms with Gasteiger partial charge in [-0.25, -0.2) is 9.97 Å². The third-order valence-corrected chi connectivity index (χ3v) is 4.63. The minimum absolute atomic E-state index is 0.164. The molecule has 0 aliphatic rings. The molecule has 0 fully saturated rings. The molecule has 2 N–H and O–H groups in total. The molecule has 5 nitrogen and oxygen atoms in total. The Morgan fingerprint density at radius 2 is 1.81 bits per heavy atom. The van der Waals surface area contributed by atoms with E-state index in [-0.39, 0.29) is 18.0 Å². The SMILES string of the molecule is Cc1ccc(OCc2nc(SCc3ccccc3)nc(N)c2C#N)cc1. The minimum Gasteiger partial charge on any atom is -0.487 e. The van der Waals surface area contributed by atoms with Crippen LogP contribution in [0.25, 0.3) is 0 Å². The lowest BCUT2D eigenvalue weighted by Gasteiger charge is -2.10.